The fourth-order valence-electron chi connectivity index (χ4n) is 2.10. The zero-order valence-corrected chi connectivity index (χ0v) is 14.7. The van der Waals surface area contributed by atoms with E-state index in [1.807, 2.05) is 0 Å². The van der Waals surface area contributed by atoms with E-state index in [0.717, 1.165) is 25.9 Å². The Morgan fingerprint density at radius 1 is 1.45 bits per heavy atom. The van der Waals surface area contributed by atoms with Gasteiger partial charge in [-0.1, -0.05) is 17.7 Å². The molecule has 0 spiro atoms. The van der Waals surface area contributed by atoms with Gasteiger partial charge in [-0.15, -0.1) is 12.4 Å². The summed E-state index contributed by atoms with van der Waals surface area (Å²) in [6.45, 7) is 2.33. The molecule has 0 radical (unpaired) electrons. The van der Waals surface area contributed by atoms with Crippen LogP contribution in [0.15, 0.2) is 27.6 Å². The molecule has 1 unspecified atom stereocenters. The van der Waals surface area contributed by atoms with Crippen molar-refractivity contribution in [3.63, 3.8) is 0 Å². The maximum Gasteiger partial charge on any atom is 0.241 e. The van der Waals surface area contributed by atoms with Crippen molar-refractivity contribution in [1.29, 1.82) is 0 Å². The molecule has 1 saturated heterocycles. The molecule has 114 valence electrons. The lowest BCUT2D eigenvalue weighted by Gasteiger charge is -2.23. The van der Waals surface area contributed by atoms with Crippen LogP contribution in [0, 0.1) is 5.92 Å². The van der Waals surface area contributed by atoms with Gasteiger partial charge in [0, 0.05) is 6.54 Å². The second-order valence-electron chi connectivity index (χ2n) is 4.62. The van der Waals surface area contributed by atoms with Crippen LogP contribution in [0.3, 0.4) is 0 Å². The van der Waals surface area contributed by atoms with Gasteiger partial charge < -0.3 is 5.32 Å². The minimum absolute atomic E-state index is 0. The molecule has 1 aromatic rings. The first-order chi connectivity index (χ1) is 9.00. The van der Waals surface area contributed by atoms with Crippen molar-refractivity contribution in [1.82, 2.24) is 10.0 Å². The van der Waals surface area contributed by atoms with Crippen LogP contribution in [-0.2, 0) is 10.0 Å². The van der Waals surface area contributed by atoms with Crippen LogP contribution in [0.4, 0.5) is 0 Å². The van der Waals surface area contributed by atoms with Crippen LogP contribution in [0.5, 0.6) is 0 Å². The van der Waals surface area contributed by atoms with E-state index in [1.54, 1.807) is 12.1 Å². The zero-order chi connectivity index (χ0) is 13.9. The van der Waals surface area contributed by atoms with Crippen LogP contribution in [-0.4, -0.2) is 28.1 Å². The first-order valence-electron chi connectivity index (χ1n) is 6.15. The van der Waals surface area contributed by atoms with E-state index in [-0.39, 0.29) is 17.3 Å². The first kappa shape index (κ1) is 18.2. The minimum Gasteiger partial charge on any atom is -0.316 e. The number of sulfonamides is 1. The third kappa shape index (κ3) is 4.58. The predicted octanol–water partition coefficient (Wildman–Crippen LogP) is 2.80. The highest BCUT2D eigenvalue weighted by Gasteiger charge is 2.21. The van der Waals surface area contributed by atoms with Gasteiger partial charge in [0.2, 0.25) is 10.0 Å². The molecular formula is C12H17BrCl2N2O2S. The van der Waals surface area contributed by atoms with Gasteiger partial charge in [0.1, 0.15) is 0 Å². The molecule has 0 aliphatic carbocycles. The Kier molecular flexibility index (Phi) is 7.24. The summed E-state index contributed by atoms with van der Waals surface area (Å²) < 4.78 is 27.5. The maximum absolute atomic E-state index is 12.2. The minimum atomic E-state index is -3.52. The Morgan fingerprint density at radius 3 is 2.85 bits per heavy atom. The molecule has 0 amide bonds. The molecule has 1 atom stereocenters. The van der Waals surface area contributed by atoms with Crippen molar-refractivity contribution in [2.75, 3.05) is 19.6 Å². The largest absolute Gasteiger partial charge is 0.316 e. The van der Waals surface area contributed by atoms with Crippen molar-refractivity contribution in [2.45, 2.75) is 17.7 Å². The number of hydrogen-bond acceptors (Lipinski definition) is 3. The smallest absolute Gasteiger partial charge is 0.241 e. The molecule has 1 fully saturated rings. The number of benzene rings is 1. The van der Waals surface area contributed by atoms with E-state index < -0.39 is 10.0 Å². The first-order valence-corrected chi connectivity index (χ1v) is 8.80. The maximum atomic E-state index is 12.2. The molecule has 1 heterocycles. The quantitative estimate of drug-likeness (QED) is 0.812. The molecule has 1 aliphatic rings. The van der Waals surface area contributed by atoms with Crippen LogP contribution >= 0.6 is 39.9 Å². The van der Waals surface area contributed by atoms with E-state index in [4.69, 9.17) is 11.6 Å². The third-order valence-electron chi connectivity index (χ3n) is 3.17. The Morgan fingerprint density at radius 2 is 2.20 bits per heavy atom. The van der Waals surface area contributed by atoms with Gasteiger partial charge >= 0.3 is 0 Å². The highest BCUT2D eigenvalue weighted by Crippen LogP contribution is 2.29. The zero-order valence-electron chi connectivity index (χ0n) is 10.7. The number of halogens is 3. The molecule has 0 aromatic heterocycles. The van der Waals surface area contributed by atoms with Crippen LogP contribution in [0.25, 0.3) is 0 Å². The molecule has 0 saturated carbocycles. The molecular weight excluding hydrogens is 387 g/mol. The molecule has 2 rings (SSSR count). The summed E-state index contributed by atoms with van der Waals surface area (Å²) in [5.74, 6) is 0.349. The van der Waals surface area contributed by atoms with Crippen molar-refractivity contribution < 1.29 is 8.42 Å². The molecule has 2 N–H and O–H groups in total. The number of hydrogen-bond donors (Lipinski definition) is 2. The average molecular weight is 404 g/mol. The number of nitrogens with one attached hydrogen (secondary N) is 2. The van der Waals surface area contributed by atoms with E-state index in [1.165, 1.54) is 6.07 Å². The van der Waals surface area contributed by atoms with E-state index in [9.17, 15) is 8.42 Å². The van der Waals surface area contributed by atoms with Gasteiger partial charge in [-0.3, -0.25) is 0 Å². The number of piperidine rings is 1. The Bertz CT molecular complexity index is 548. The highest BCUT2D eigenvalue weighted by atomic mass is 79.9. The lowest BCUT2D eigenvalue weighted by atomic mass is 10.0. The summed E-state index contributed by atoms with van der Waals surface area (Å²) >= 11 is 9.14. The second kappa shape index (κ2) is 7.96. The number of rotatable bonds is 4. The van der Waals surface area contributed by atoms with Crippen molar-refractivity contribution in [3.05, 3.63) is 27.7 Å². The second-order valence-corrected chi connectivity index (χ2v) is 7.55. The molecule has 0 bridgehead atoms. The van der Waals surface area contributed by atoms with Crippen LogP contribution in [0.1, 0.15) is 12.8 Å². The van der Waals surface area contributed by atoms with Crippen molar-refractivity contribution in [2.24, 2.45) is 5.92 Å². The van der Waals surface area contributed by atoms with Crippen molar-refractivity contribution >= 4 is 50.0 Å². The summed E-state index contributed by atoms with van der Waals surface area (Å²) in [5.41, 5.74) is 0. The summed E-state index contributed by atoms with van der Waals surface area (Å²) in [5, 5.41) is 3.66. The SMILES string of the molecule is Cl.O=S(=O)(NCC1CCCNC1)c1cccc(Cl)c1Br. The van der Waals surface area contributed by atoms with Gasteiger partial charge in [-0.25, -0.2) is 13.1 Å². The fraction of sp³-hybridized carbons (Fsp3) is 0.500. The molecule has 4 nitrogen and oxygen atoms in total. The molecule has 1 aliphatic heterocycles. The van der Waals surface area contributed by atoms with Gasteiger partial charge in [-0.05, 0) is 59.9 Å². The summed E-state index contributed by atoms with van der Waals surface area (Å²) in [7, 11) is -3.52. The Balaban J connectivity index is 0.00000200. The van der Waals surface area contributed by atoms with Gasteiger partial charge in [-0.2, -0.15) is 0 Å². The van der Waals surface area contributed by atoms with Gasteiger partial charge in [0.15, 0.2) is 0 Å². The standard InChI is InChI=1S/C12H16BrClN2O2S.ClH/c13-12-10(14)4-1-5-11(12)19(17,18)16-8-9-3-2-6-15-7-9;/h1,4-5,9,15-16H,2-3,6-8H2;1H. The Labute approximate surface area is 139 Å². The topological polar surface area (TPSA) is 58.2 Å². The lowest BCUT2D eigenvalue weighted by molar-refractivity contribution is 0.376. The molecule has 1 aromatic carbocycles. The van der Waals surface area contributed by atoms with Crippen LogP contribution in [0.2, 0.25) is 5.02 Å². The van der Waals surface area contributed by atoms with Crippen LogP contribution < -0.4 is 10.0 Å². The van der Waals surface area contributed by atoms with Gasteiger partial charge in [0.25, 0.3) is 0 Å². The average Bonchev–Trinajstić information content (AvgIpc) is 2.41. The Hall–Kier alpha value is 0.150. The fourth-order valence-corrected chi connectivity index (χ4v) is 4.44. The highest BCUT2D eigenvalue weighted by molar-refractivity contribution is 9.10. The van der Waals surface area contributed by atoms with E-state index in [0.29, 0.717) is 22.0 Å². The normalized spacial score (nSPS) is 19.4. The lowest BCUT2D eigenvalue weighted by Crippen LogP contribution is -2.38. The third-order valence-corrected chi connectivity index (χ3v) is 6.29. The van der Waals surface area contributed by atoms with E-state index in [2.05, 4.69) is 26.0 Å². The van der Waals surface area contributed by atoms with E-state index >= 15 is 0 Å². The predicted molar refractivity (Wildman–Crippen MR) is 87.2 cm³/mol. The summed E-state index contributed by atoms with van der Waals surface area (Å²) in [6.07, 6.45) is 2.14. The molecule has 8 heteroatoms. The van der Waals surface area contributed by atoms with Crippen molar-refractivity contribution in [3.8, 4) is 0 Å². The summed E-state index contributed by atoms with van der Waals surface area (Å²) in [6, 6.07) is 4.82. The summed E-state index contributed by atoms with van der Waals surface area (Å²) in [4.78, 5) is 0.184. The van der Waals surface area contributed by atoms with Gasteiger partial charge in [0.05, 0.1) is 14.4 Å². The monoisotopic (exact) mass is 402 g/mol. The molecule has 20 heavy (non-hydrogen) atoms.